The summed E-state index contributed by atoms with van der Waals surface area (Å²) in [5, 5.41) is 12.0. The number of nitro groups is 1. The van der Waals surface area contributed by atoms with E-state index in [-0.39, 0.29) is 18.0 Å². The molecule has 0 N–H and O–H groups in total. The average molecular weight is 388 g/mol. The zero-order valence-electron chi connectivity index (χ0n) is 16.0. The van der Waals surface area contributed by atoms with Crippen molar-refractivity contribution in [1.29, 1.82) is 0 Å². The summed E-state index contributed by atoms with van der Waals surface area (Å²) in [6, 6.07) is 13.5. The molecule has 0 heterocycles. The second-order valence-corrected chi connectivity index (χ2v) is 11.5. The molecule has 2 aromatic carbocycles. The zero-order valence-corrected chi connectivity index (χ0v) is 17.2. The first kappa shape index (κ1) is 20.6. The molecule has 27 heavy (non-hydrogen) atoms. The summed E-state index contributed by atoms with van der Waals surface area (Å²) in [5.41, 5.74) is 2.19. The van der Waals surface area contributed by atoms with E-state index in [1.54, 1.807) is 0 Å². The molecular weight excluding hydrogens is 362 g/mol. The molecule has 0 spiro atoms. The van der Waals surface area contributed by atoms with Crippen molar-refractivity contribution in [1.82, 2.24) is 0 Å². The van der Waals surface area contributed by atoms with Gasteiger partial charge in [-0.05, 0) is 28.8 Å². The Bertz CT molecular complexity index is 764. The lowest BCUT2D eigenvalue weighted by Crippen LogP contribution is -2.35. The van der Waals surface area contributed by atoms with Gasteiger partial charge in [0.1, 0.15) is 12.4 Å². The van der Waals surface area contributed by atoms with Crippen LogP contribution in [0, 0.1) is 10.1 Å². The van der Waals surface area contributed by atoms with Crippen LogP contribution < -0.4 is 9.92 Å². The molecule has 2 rings (SSSR count). The number of benzene rings is 2. The highest BCUT2D eigenvalue weighted by Crippen LogP contribution is 2.20. The molecule has 7 heteroatoms. The molecule has 0 radical (unpaired) electrons. The number of nitrogens with zero attached hydrogens (tertiary/aromatic N) is 1. The molecule has 0 aromatic heterocycles. The maximum absolute atomic E-state index is 11.8. The van der Waals surface area contributed by atoms with Crippen LogP contribution >= 0.6 is 0 Å². The van der Waals surface area contributed by atoms with Gasteiger partial charge in [-0.1, -0.05) is 57.1 Å². The first-order valence-corrected chi connectivity index (χ1v) is 10.9. The van der Waals surface area contributed by atoms with Crippen LogP contribution in [0.1, 0.15) is 33.3 Å². The van der Waals surface area contributed by atoms with Crippen LogP contribution in [-0.4, -0.2) is 19.9 Å². The smallest absolute Gasteiger partial charge is 0.429 e. The molecule has 2 aromatic rings. The normalized spacial score (nSPS) is 11.1. The van der Waals surface area contributed by atoms with Crippen molar-refractivity contribution < 1.29 is 19.2 Å². The van der Waals surface area contributed by atoms with E-state index in [1.165, 1.54) is 29.5 Å². The topological polar surface area (TPSA) is 78.7 Å². The van der Waals surface area contributed by atoms with Crippen molar-refractivity contribution in [3.8, 4) is 5.75 Å². The van der Waals surface area contributed by atoms with E-state index in [0.29, 0.717) is 11.1 Å². The molecule has 0 aliphatic carbocycles. The lowest BCUT2D eigenvalue weighted by Gasteiger charge is -2.23. The van der Waals surface area contributed by atoms with Crippen molar-refractivity contribution in [3.05, 3.63) is 64.2 Å². The summed E-state index contributed by atoms with van der Waals surface area (Å²) in [7, 11) is -1.04. The lowest BCUT2D eigenvalue weighted by molar-refractivity contribution is -0.384. The summed E-state index contributed by atoms with van der Waals surface area (Å²) in [6.45, 7) is 9.23. The van der Waals surface area contributed by atoms with Crippen LogP contribution in [0.5, 0.6) is 5.75 Å². The van der Waals surface area contributed by atoms with Gasteiger partial charge in [-0.25, -0.2) is 4.79 Å². The van der Waals surface area contributed by atoms with Crippen LogP contribution in [0.15, 0.2) is 48.5 Å². The fourth-order valence-corrected chi connectivity index (χ4v) is 7.00. The predicted octanol–water partition coefficient (Wildman–Crippen LogP) is 4.56. The van der Waals surface area contributed by atoms with Crippen molar-refractivity contribution in [2.24, 2.45) is 0 Å². The molecule has 6 nitrogen and oxygen atoms in total. The minimum Gasteiger partial charge on any atom is -0.429 e. The van der Waals surface area contributed by atoms with E-state index in [4.69, 9.17) is 9.47 Å². The predicted molar refractivity (Wildman–Crippen MR) is 107 cm³/mol. The zero-order chi connectivity index (χ0) is 20.0. The molecule has 0 fully saturated rings. The second-order valence-electron chi connectivity index (χ2n) is 7.15. The van der Waals surface area contributed by atoms with Crippen LogP contribution in [0.25, 0.3) is 0 Å². The molecule has 0 saturated carbocycles. The van der Waals surface area contributed by atoms with E-state index in [9.17, 15) is 14.9 Å². The number of hydrogen-bond acceptors (Lipinski definition) is 5. The Morgan fingerprint density at radius 1 is 1.00 bits per heavy atom. The Balaban J connectivity index is 1.90. The van der Waals surface area contributed by atoms with E-state index in [1.807, 2.05) is 12.1 Å². The molecule has 0 aliphatic heterocycles. The van der Waals surface area contributed by atoms with E-state index in [2.05, 4.69) is 39.8 Å². The molecule has 144 valence electrons. The monoisotopic (exact) mass is 387 g/mol. The van der Waals surface area contributed by atoms with E-state index < -0.39 is 19.9 Å². The van der Waals surface area contributed by atoms with Gasteiger partial charge in [0.25, 0.3) is 5.69 Å². The van der Waals surface area contributed by atoms with Gasteiger partial charge in [-0.2, -0.15) is 0 Å². The molecule has 0 aliphatic rings. The Hall–Kier alpha value is -2.67. The highest BCUT2D eigenvalue weighted by Gasteiger charge is 2.21. The van der Waals surface area contributed by atoms with Gasteiger partial charge < -0.3 is 9.47 Å². The summed E-state index contributed by atoms with van der Waals surface area (Å²) in [4.78, 5) is 21.9. The number of non-ortho nitro benzene ring substituents is 1. The van der Waals surface area contributed by atoms with Gasteiger partial charge in [-0.15, -0.1) is 0 Å². The maximum Gasteiger partial charge on any atom is 0.514 e. The van der Waals surface area contributed by atoms with Crippen molar-refractivity contribution in [2.45, 2.75) is 45.4 Å². The standard InChI is InChI=1S/C20H25NO5Si/c1-14(2)27(15(3)4)19-11-5-16(6-12-19)13-25-20(22)26-18-9-7-17(8-10-18)21(23)24/h5-12,14-15,27H,13H2,1-4H3. The highest BCUT2D eigenvalue weighted by atomic mass is 28.3. The SMILES string of the molecule is CC(C)[SiH](c1ccc(COC(=O)Oc2ccc([N+](=O)[O-])cc2)cc1)C(C)C. The lowest BCUT2D eigenvalue weighted by atomic mass is 10.2. The molecule has 0 saturated heterocycles. The minimum absolute atomic E-state index is 0.0690. The summed E-state index contributed by atoms with van der Waals surface area (Å²) in [5.74, 6) is 0.198. The van der Waals surface area contributed by atoms with Crippen LogP contribution in [0.4, 0.5) is 10.5 Å². The summed E-state index contributed by atoms with van der Waals surface area (Å²) >= 11 is 0. The van der Waals surface area contributed by atoms with Crippen molar-refractivity contribution >= 4 is 25.8 Å². The highest BCUT2D eigenvalue weighted by molar-refractivity contribution is 6.75. The Morgan fingerprint density at radius 2 is 1.56 bits per heavy atom. The van der Waals surface area contributed by atoms with Gasteiger partial charge >= 0.3 is 6.16 Å². The minimum atomic E-state index is -1.04. The number of hydrogen-bond donors (Lipinski definition) is 0. The number of carbonyl (C=O) groups is 1. The maximum atomic E-state index is 11.8. The van der Waals surface area contributed by atoms with Crippen molar-refractivity contribution in [2.75, 3.05) is 0 Å². The van der Waals surface area contributed by atoms with Gasteiger partial charge in [0.05, 0.1) is 13.7 Å². The fraction of sp³-hybridized carbons (Fsp3) is 0.350. The van der Waals surface area contributed by atoms with Gasteiger partial charge in [0.2, 0.25) is 0 Å². The number of nitro benzene ring substituents is 1. The fourth-order valence-electron chi connectivity index (χ4n) is 3.28. The third-order valence-electron chi connectivity index (χ3n) is 4.41. The average Bonchev–Trinajstić information content (AvgIpc) is 2.61. The first-order valence-electron chi connectivity index (χ1n) is 8.95. The van der Waals surface area contributed by atoms with Gasteiger partial charge in [0.15, 0.2) is 0 Å². The third kappa shape index (κ3) is 5.92. The first-order chi connectivity index (χ1) is 12.8. The molecule has 0 amide bonds. The van der Waals surface area contributed by atoms with Crippen LogP contribution in [0.2, 0.25) is 11.1 Å². The molecule has 0 unspecified atom stereocenters. The van der Waals surface area contributed by atoms with Crippen molar-refractivity contribution in [3.63, 3.8) is 0 Å². The van der Waals surface area contributed by atoms with E-state index in [0.717, 1.165) is 5.56 Å². The van der Waals surface area contributed by atoms with E-state index >= 15 is 0 Å². The van der Waals surface area contributed by atoms with Gasteiger partial charge in [0, 0.05) is 12.1 Å². The number of ether oxygens (including phenoxy) is 2. The Kier molecular flexibility index (Phi) is 7.12. The second kappa shape index (κ2) is 9.32. The number of rotatable bonds is 7. The van der Waals surface area contributed by atoms with Crippen LogP contribution in [0.3, 0.4) is 0 Å². The third-order valence-corrected chi connectivity index (χ3v) is 8.43. The Labute approximate surface area is 160 Å². The number of carbonyl (C=O) groups excluding carboxylic acids is 1. The van der Waals surface area contributed by atoms with Gasteiger partial charge in [-0.3, -0.25) is 10.1 Å². The quantitative estimate of drug-likeness (QED) is 0.229. The summed E-state index contributed by atoms with van der Waals surface area (Å²) < 4.78 is 10.1. The Morgan fingerprint density at radius 3 is 2.04 bits per heavy atom. The molecular formula is C20H25NO5Si. The molecule has 0 atom stereocenters. The largest absolute Gasteiger partial charge is 0.514 e. The molecule has 0 bridgehead atoms. The summed E-state index contributed by atoms with van der Waals surface area (Å²) in [6.07, 6.45) is -0.843. The van der Waals surface area contributed by atoms with Crippen LogP contribution in [-0.2, 0) is 11.3 Å².